The van der Waals surface area contributed by atoms with Crippen LogP contribution in [0.5, 0.6) is 0 Å². The Hall–Kier alpha value is -1.91. The topological polar surface area (TPSA) is 20.3 Å². The Morgan fingerprint density at radius 2 is 1.78 bits per heavy atom. The van der Waals surface area contributed by atoms with E-state index in [1.165, 1.54) is 4.90 Å². The zero-order chi connectivity index (χ0) is 20.1. The molecule has 0 aliphatic rings. The molecule has 27 heavy (non-hydrogen) atoms. The fourth-order valence-electron chi connectivity index (χ4n) is 2.68. The molecule has 0 heterocycles. The quantitative estimate of drug-likeness (QED) is 0.385. The van der Waals surface area contributed by atoms with Crippen molar-refractivity contribution in [3.8, 4) is 0 Å². The van der Waals surface area contributed by atoms with Crippen LogP contribution >= 0.6 is 23.2 Å². The van der Waals surface area contributed by atoms with E-state index in [9.17, 15) is 13.6 Å². The van der Waals surface area contributed by atoms with Crippen LogP contribution in [0.25, 0.3) is 0 Å². The van der Waals surface area contributed by atoms with Gasteiger partial charge in [-0.15, -0.1) is 11.6 Å². The number of halogens is 4. The highest BCUT2D eigenvalue weighted by atomic mass is 35.5. The molecule has 6 heteroatoms. The number of alkyl halides is 1. The van der Waals surface area contributed by atoms with Crippen molar-refractivity contribution in [2.24, 2.45) is 0 Å². The van der Waals surface area contributed by atoms with Crippen molar-refractivity contribution < 1.29 is 13.6 Å². The van der Waals surface area contributed by atoms with Gasteiger partial charge in [0.25, 0.3) is 0 Å². The van der Waals surface area contributed by atoms with E-state index < -0.39 is 22.9 Å². The number of carbonyl (C=O) groups excluding carboxylic acids is 1. The molecule has 0 spiro atoms. The van der Waals surface area contributed by atoms with Gasteiger partial charge in [-0.05, 0) is 54.3 Å². The molecule has 2 aromatic rings. The molecular formula is C21H21Cl2F2NO. The highest BCUT2D eigenvalue weighted by Crippen LogP contribution is 2.32. The Balaban J connectivity index is 2.43. The van der Waals surface area contributed by atoms with Crippen molar-refractivity contribution in [2.45, 2.75) is 32.1 Å². The Morgan fingerprint density at radius 1 is 1.15 bits per heavy atom. The predicted octanol–water partition coefficient (Wildman–Crippen LogP) is 6.63. The lowest BCUT2D eigenvalue weighted by Crippen LogP contribution is -2.34. The van der Waals surface area contributed by atoms with Crippen LogP contribution in [0.2, 0.25) is 5.02 Å². The maximum Gasteiger partial charge on any atom is 0.249 e. The van der Waals surface area contributed by atoms with Crippen molar-refractivity contribution in [2.75, 3.05) is 11.4 Å². The molecular weight excluding hydrogens is 391 g/mol. The first kappa shape index (κ1) is 21.4. The maximum atomic E-state index is 13.5. The number of anilines is 1. The highest BCUT2D eigenvalue weighted by Gasteiger charge is 2.26. The van der Waals surface area contributed by atoms with E-state index in [0.29, 0.717) is 10.7 Å². The van der Waals surface area contributed by atoms with E-state index in [2.05, 4.69) is 0 Å². The van der Waals surface area contributed by atoms with Gasteiger partial charge < -0.3 is 4.90 Å². The number of benzene rings is 2. The zero-order valence-corrected chi connectivity index (χ0v) is 16.9. The lowest BCUT2D eigenvalue weighted by Gasteiger charge is -2.25. The molecule has 0 fully saturated rings. The number of rotatable bonds is 6. The molecule has 0 N–H and O–H groups in total. The molecule has 0 aliphatic heterocycles. The van der Waals surface area contributed by atoms with Crippen LogP contribution in [0.15, 0.2) is 48.6 Å². The van der Waals surface area contributed by atoms with Gasteiger partial charge in [-0.3, -0.25) is 4.79 Å². The molecule has 0 aromatic heterocycles. The standard InChI is InChI=1S/C21H21Cl2F2NO/c1-4-5-8-26(17-6-7-19(22)18(12-17)13(2)3)21(27)20(23)14-9-15(24)11-16(25)10-14/h4-7,9-13,20H,8H2,1-3H3/b5-4+. The Morgan fingerprint density at radius 3 is 2.33 bits per heavy atom. The fourth-order valence-corrected chi connectivity index (χ4v) is 3.26. The summed E-state index contributed by atoms with van der Waals surface area (Å²) in [5.41, 5.74) is 1.59. The summed E-state index contributed by atoms with van der Waals surface area (Å²) in [7, 11) is 0. The summed E-state index contributed by atoms with van der Waals surface area (Å²) in [5.74, 6) is -1.87. The second kappa shape index (κ2) is 9.34. The first-order chi connectivity index (χ1) is 12.7. The van der Waals surface area contributed by atoms with Crippen molar-refractivity contribution in [3.63, 3.8) is 0 Å². The molecule has 0 saturated carbocycles. The SMILES string of the molecule is C/C=C/CN(C(=O)C(Cl)c1cc(F)cc(F)c1)c1ccc(Cl)c(C(C)C)c1. The van der Waals surface area contributed by atoms with E-state index in [-0.39, 0.29) is 18.0 Å². The summed E-state index contributed by atoms with van der Waals surface area (Å²) < 4.78 is 27.0. The monoisotopic (exact) mass is 411 g/mol. The van der Waals surface area contributed by atoms with Gasteiger partial charge in [0, 0.05) is 23.3 Å². The van der Waals surface area contributed by atoms with Gasteiger partial charge in [-0.25, -0.2) is 8.78 Å². The molecule has 2 nitrogen and oxygen atoms in total. The van der Waals surface area contributed by atoms with Crippen LogP contribution in [0, 0.1) is 11.6 Å². The van der Waals surface area contributed by atoms with Gasteiger partial charge in [0.2, 0.25) is 5.91 Å². The van der Waals surface area contributed by atoms with E-state index in [1.54, 1.807) is 18.2 Å². The van der Waals surface area contributed by atoms with Crippen molar-refractivity contribution in [3.05, 3.63) is 76.3 Å². The van der Waals surface area contributed by atoms with Crippen LogP contribution in [0.1, 0.15) is 43.2 Å². The summed E-state index contributed by atoms with van der Waals surface area (Å²) in [6.07, 6.45) is 3.61. The third kappa shape index (κ3) is 5.30. The lowest BCUT2D eigenvalue weighted by atomic mass is 10.0. The van der Waals surface area contributed by atoms with Crippen LogP contribution in [-0.4, -0.2) is 12.5 Å². The number of allylic oxidation sites excluding steroid dienone is 1. The molecule has 0 bridgehead atoms. The van der Waals surface area contributed by atoms with Gasteiger partial charge >= 0.3 is 0 Å². The third-order valence-corrected chi connectivity index (χ3v) is 4.88. The van der Waals surface area contributed by atoms with Crippen molar-refractivity contribution in [1.29, 1.82) is 0 Å². The summed E-state index contributed by atoms with van der Waals surface area (Å²) in [6.45, 7) is 6.12. The highest BCUT2D eigenvalue weighted by molar-refractivity contribution is 6.33. The number of hydrogen-bond acceptors (Lipinski definition) is 1. The zero-order valence-electron chi connectivity index (χ0n) is 15.3. The van der Waals surface area contributed by atoms with E-state index in [0.717, 1.165) is 23.8 Å². The first-order valence-electron chi connectivity index (χ1n) is 8.56. The summed E-state index contributed by atoms with van der Waals surface area (Å²) >= 11 is 12.5. The van der Waals surface area contributed by atoms with E-state index >= 15 is 0 Å². The van der Waals surface area contributed by atoms with Crippen LogP contribution in [0.3, 0.4) is 0 Å². The maximum absolute atomic E-state index is 13.5. The molecule has 0 radical (unpaired) electrons. The van der Waals surface area contributed by atoms with Gasteiger partial charge in [0.15, 0.2) is 0 Å². The minimum Gasteiger partial charge on any atom is -0.307 e. The predicted molar refractivity (Wildman–Crippen MR) is 108 cm³/mol. The molecule has 1 unspecified atom stereocenters. The number of carbonyl (C=O) groups is 1. The minimum absolute atomic E-state index is 0.0719. The molecule has 2 aromatic carbocycles. The van der Waals surface area contributed by atoms with Crippen molar-refractivity contribution in [1.82, 2.24) is 0 Å². The van der Waals surface area contributed by atoms with E-state index in [1.807, 2.05) is 32.9 Å². The Labute approximate surface area is 168 Å². The molecule has 1 atom stereocenters. The number of hydrogen-bond donors (Lipinski definition) is 0. The molecule has 2 rings (SSSR count). The summed E-state index contributed by atoms with van der Waals surface area (Å²) in [5, 5.41) is -0.611. The second-order valence-electron chi connectivity index (χ2n) is 6.44. The smallest absolute Gasteiger partial charge is 0.249 e. The molecule has 144 valence electrons. The second-order valence-corrected chi connectivity index (χ2v) is 7.29. The third-order valence-electron chi connectivity index (χ3n) is 4.10. The Bertz CT molecular complexity index is 832. The van der Waals surface area contributed by atoms with E-state index in [4.69, 9.17) is 23.2 Å². The summed E-state index contributed by atoms with van der Waals surface area (Å²) in [4.78, 5) is 14.5. The Kier molecular flexibility index (Phi) is 7.40. The van der Waals surface area contributed by atoms with Gasteiger partial charge in [-0.1, -0.05) is 37.6 Å². The van der Waals surface area contributed by atoms with Crippen molar-refractivity contribution >= 4 is 34.8 Å². The normalized spacial score (nSPS) is 12.6. The number of amides is 1. The minimum atomic E-state index is -1.22. The largest absolute Gasteiger partial charge is 0.307 e. The fraction of sp³-hybridized carbons (Fsp3) is 0.286. The summed E-state index contributed by atoms with van der Waals surface area (Å²) in [6, 6.07) is 8.16. The first-order valence-corrected chi connectivity index (χ1v) is 9.38. The van der Waals surface area contributed by atoms with Crippen LogP contribution < -0.4 is 4.90 Å². The van der Waals surface area contributed by atoms with Crippen LogP contribution in [-0.2, 0) is 4.79 Å². The van der Waals surface area contributed by atoms with Gasteiger partial charge in [-0.2, -0.15) is 0 Å². The number of nitrogens with zero attached hydrogens (tertiary/aromatic N) is 1. The average Bonchev–Trinajstić information content (AvgIpc) is 2.61. The molecule has 0 saturated heterocycles. The van der Waals surface area contributed by atoms with Gasteiger partial charge in [0.1, 0.15) is 17.0 Å². The molecule has 1 amide bonds. The van der Waals surface area contributed by atoms with Crippen LogP contribution in [0.4, 0.5) is 14.5 Å². The lowest BCUT2D eigenvalue weighted by molar-refractivity contribution is -0.118. The average molecular weight is 412 g/mol. The van der Waals surface area contributed by atoms with Gasteiger partial charge in [0.05, 0.1) is 0 Å². The molecule has 0 aliphatic carbocycles.